The molecular weight excluding hydrogens is 186 g/mol. The van der Waals surface area contributed by atoms with Crippen molar-refractivity contribution in [1.82, 2.24) is 4.98 Å². The van der Waals surface area contributed by atoms with Crippen molar-refractivity contribution in [2.75, 3.05) is 17.2 Å². The smallest absolute Gasteiger partial charge is 0.146 e. The second kappa shape index (κ2) is 4.09. The summed E-state index contributed by atoms with van der Waals surface area (Å²) < 4.78 is 0. The van der Waals surface area contributed by atoms with Crippen molar-refractivity contribution >= 4 is 11.5 Å². The van der Waals surface area contributed by atoms with Crippen LogP contribution >= 0.6 is 0 Å². The van der Waals surface area contributed by atoms with Crippen LogP contribution in [0.3, 0.4) is 0 Å². The number of hydrogen-bond donors (Lipinski definition) is 1. The minimum absolute atomic E-state index is 0.657. The molecule has 0 aromatic carbocycles. The zero-order chi connectivity index (χ0) is 10.8. The Kier molecular flexibility index (Phi) is 2.80. The Morgan fingerprint density at radius 2 is 2.27 bits per heavy atom. The summed E-state index contributed by atoms with van der Waals surface area (Å²) in [5.74, 6) is 1.32. The molecule has 0 aliphatic heterocycles. The highest BCUT2D eigenvalue weighted by Gasteiger charge is 2.30. The van der Waals surface area contributed by atoms with E-state index in [1.165, 1.54) is 12.8 Å². The van der Waals surface area contributed by atoms with Crippen LogP contribution in [0.4, 0.5) is 11.5 Å². The van der Waals surface area contributed by atoms with Crippen LogP contribution in [0.2, 0.25) is 0 Å². The van der Waals surface area contributed by atoms with E-state index in [1.807, 2.05) is 6.07 Å². The molecular formula is C12H19N3. The fraction of sp³-hybridized carbons (Fsp3) is 0.583. The maximum absolute atomic E-state index is 5.91. The van der Waals surface area contributed by atoms with E-state index in [0.29, 0.717) is 17.8 Å². The summed E-state index contributed by atoms with van der Waals surface area (Å²) in [6.45, 7) is 5.55. The van der Waals surface area contributed by atoms with Crippen LogP contribution in [0.1, 0.15) is 26.7 Å². The summed E-state index contributed by atoms with van der Waals surface area (Å²) in [4.78, 5) is 6.56. The van der Waals surface area contributed by atoms with E-state index in [-0.39, 0.29) is 0 Å². The van der Waals surface area contributed by atoms with Crippen molar-refractivity contribution in [2.45, 2.75) is 32.7 Å². The first kappa shape index (κ1) is 10.3. The van der Waals surface area contributed by atoms with Crippen LogP contribution in [-0.4, -0.2) is 17.6 Å². The van der Waals surface area contributed by atoms with Crippen LogP contribution in [0, 0.1) is 5.92 Å². The number of anilines is 2. The quantitative estimate of drug-likeness (QED) is 0.820. The molecule has 0 atom stereocenters. The Balaban J connectivity index is 2.20. The molecule has 2 rings (SSSR count). The summed E-state index contributed by atoms with van der Waals surface area (Å²) in [7, 11) is 0. The topological polar surface area (TPSA) is 42.2 Å². The summed E-state index contributed by atoms with van der Waals surface area (Å²) >= 11 is 0. The highest BCUT2D eigenvalue weighted by Crippen LogP contribution is 2.34. The molecule has 1 heterocycles. The van der Waals surface area contributed by atoms with Gasteiger partial charge in [-0.25, -0.2) is 4.98 Å². The van der Waals surface area contributed by atoms with E-state index >= 15 is 0 Å². The molecule has 1 aliphatic rings. The van der Waals surface area contributed by atoms with Gasteiger partial charge in [0.1, 0.15) is 5.82 Å². The molecule has 3 heteroatoms. The van der Waals surface area contributed by atoms with Crippen molar-refractivity contribution in [1.29, 1.82) is 0 Å². The minimum atomic E-state index is 0.657. The average Bonchev–Trinajstić information content (AvgIpc) is 2.98. The number of nitrogens with two attached hydrogens (primary N) is 1. The number of hydrogen-bond acceptors (Lipinski definition) is 3. The predicted octanol–water partition coefficient (Wildman–Crippen LogP) is 2.29. The highest BCUT2D eigenvalue weighted by atomic mass is 15.2. The standard InChI is InChI=1S/C12H19N3/c1-9(2)8-15(10-5-6-10)11-4-3-7-14-12(11)13/h3-4,7,9-10H,5-6,8H2,1-2H3,(H2,13,14). The van der Waals surface area contributed by atoms with Crippen molar-refractivity contribution < 1.29 is 0 Å². The largest absolute Gasteiger partial charge is 0.382 e. The minimum Gasteiger partial charge on any atom is -0.382 e. The zero-order valence-corrected chi connectivity index (χ0v) is 9.48. The Labute approximate surface area is 91.3 Å². The molecule has 1 aromatic rings. The SMILES string of the molecule is CC(C)CN(c1cccnc1N)C1CC1. The van der Waals surface area contributed by atoms with Crippen molar-refractivity contribution in [3.8, 4) is 0 Å². The van der Waals surface area contributed by atoms with Gasteiger partial charge in [-0.05, 0) is 30.9 Å². The van der Waals surface area contributed by atoms with E-state index in [4.69, 9.17) is 5.73 Å². The summed E-state index contributed by atoms with van der Waals surface area (Å²) in [6, 6.07) is 4.73. The second-order valence-electron chi connectivity index (χ2n) is 4.69. The molecule has 15 heavy (non-hydrogen) atoms. The lowest BCUT2D eigenvalue weighted by atomic mass is 10.2. The normalized spacial score (nSPS) is 15.7. The lowest BCUT2D eigenvalue weighted by Gasteiger charge is -2.27. The maximum Gasteiger partial charge on any atom is 0.146 e. The van der Waals surface area contributed by atoms with Gasteiger partial charge in [0, 0.05) is 18.8 Å². The maximum atomic E-state index is 5.91. The Morgan fingerprint density at radius 1 is 1.53 bits per heavy atom. The number of nitrogen functional groups attached to an aromatic ring is 1. The summed E-state index contributed by atoms with van der Waals surface area (Å²) in [5.41, 5.74) is 7.02. The van der Waals surface area contributed by atoms with E-state index < -0.39 is 0 Å². The fourth-order valence-electron chi connectivity index (χ4n) is 1.88. The zero-order valence-electron chi connectivity index (χ0n) is 9.48. The molecule has 1 saturated carbocycles. The van der Waals surface area contributed by atoms with Gasteiger partial charge < -0.3 is 10.6 Å². The van der Waals surface area contributed by atoms with E-state index in [9.17, 15) is 0 Å². The Morgan fingerprint density at radius 3 is 2.80 bits per heavy atom. The van der Waals surface area contributed by atoms with Crippen LogP contribution in [0.25, 0.3) is 0 Å². The van der Waals surface area contributed by atoms with Gasteiger partial charge in [-0.15, -0.1) is 0 Å². The molecule has 82 valence electrons. The summed E-state index contributed by atoms with van der Waals surface area (Å²) in [5, 5.41) is 0. The third-order valence-electron chi connectivity index (χ3n) is 2.68. The molecule has 0 spiro atoms. The van der Waals surface area contributed by atoms with Crippen molar-refractivity contribution in [2.24, 2.45) is 5.92 Å². The third kappa shape index (κ3) is 2.41. The van der Waals surface area contributed by atoms with Gasteiger partial charge in [-0.1, -0.05) is 13.8 Å². The monoisotopic (exact) mass is 205 g/mol. The lowest BCUT2D eigenvalue weighted by Crippen LogP contribution is -2.30. The molecule has 0 radical (unpaired) electrons. The van der Waals surface area contributed by atoms with Gasteiger partial charge in [0.25, 0.3) is 0 Å². The van der Waals surface area contributed by atoms with E-state index in [1.54, 1.807) is 6.20 Å². The van der Waals surface area contributed by atoms with Gasteiger partial charge in [-0.2, -0.15) is 0 Å². The first-order valence-corrected chi connectivity index (χ1v) is 5.65. The first-order chi connectivity index (χ1) is 7.18. The third-order valence-corrected chi connectivity index (χ3v) is 2.68. The number of rotatable bonds is 4. The molecule has 1 fully saturated rings. The lowest BCUT2D eigenvalue weighted by molar-refractivity contribution is 0.607. The van der Waals surface area contributed by atoms with Crippen LogP contribution in [-0.2, 0) is 0 Å². The fourth-order valence-corrected chi connectivity index (χ4v) is 1.88. The Bertz CT molecular complexity index is 331. The van der Waals surface area contributed by atoms with E-state index in [2.05, 4.69) is 29.8 Å². The van der Waals surface area contributed by atoms with E-state index in [0.717, 1.165) is 12.2 Å². The van der Waals surface area contributed by atoms with Gasteiger partial charge >= 0.3 is 0 Å². The molecule has 0 unspecified atom stereocenters. The van der Waals surface area contributed by atoms with Gasteiger partial charge in [0.05, 0.1) is 5.69 Å². The number of nitrogens with zero attached hydrogens (tertiary/aromatic N) is 2. The molecule has 0 bridgehead atoms. The van der Waals surface area contributed by atoms with Gasteiger partial charge in [0.15, 0.2) is 0 Å². The van der Waals surface area contributed by atoms with Crippen LogP contribution in [0.15, 0.2) is 18.3 Å². The second-order valence-corrected chi connectivity index (χ2v) is 4.69. The predicted molar refractivity (Wildman–Crippen MR) is 63.9 cm³/mol. The van der Waals surface area contributed by atoms with Gasteiger partial charge in [0.2, 0.25) is 0 Å². The number of aromatic nitrogens is 1. The molecule has 1 aliphatic carbocycles. The van der Waals surface area contributed by atoms with Crippen molar-refractivity contribution in [3.05, 3.63) is 18.3 Å². The highest BCUT2D eigenvalue weighted by molar-refractivity contribution is 5.64. The Hall–Kier alpha value is -1.25. The van der Waals surface area contributed by atoms with Crippen molar-refractivity contribution in [3.63, 3.8) is 0 Å². The van der Waals surface area contributed by atoms with Crippen LogP contribution in [0.5, 0.6) is 0 Å². The molecule has 2 N–H and O–H groups in total. The average molecular weight is 205 g/mol. The molecule has 1 aromatic heterocycles. The van der Waals surface area contributed by atoms with Crippen LogP contribution < -0.4 is 10.6 Å². The summed E-state index contributed by atoms with van der Waals surface area (Å²) in [6.07, 6.45) is 4.33. The van der Waals surface area contributed by atoms with Gasteiger partial charge in [-0.3, -0.25) is 0 Å². The molecule has 3 nitrogen and oxygen atoms in total. The molecule has 0 amide bonds. The number of pyridine rings is 1. The first-order valence-electron chi connectivity index (χ1n) is 5.65. The molecule has 0 saturated heterocycles.